The van der Waals surface area contributed by atoms with E-state index in [0.29, 0.717) is 44.8 Å². The Morgan fingerprint density at radius 3 is 1.25 bits per heavy atom. The Kier molecular flexibility index (Phi) is 45.4. The second-order valence-electron chi connectivity index (χ2n) is 19.9. The van der Waals surface area contributed by atoms with Gasteiger partial charge in [-0.3, -0.25) is 4.98 Å². The molecule has 7 aromatic heterocycles. The van der Waals surface area contributed by atoms with Crippen LogP contribution in [0.25, 0.3) is 78.8 Å². The Balaban J connectivity index is 0.000000589. The summed E-state index contributed by atoms with van der Waals surface area (Å²) in [5, 5.41) is 0. The van der Waals surface area contributed by atoms with Gasteiger partial charge >= 0.3 is 0 Å². The van der Waals surface area contributed by atoms with E-state index >= 15 is 0 Å². The zero-order valence-corrected chi connectivity index (χ0v) is 70.2. The third kappa shape index (κ3) is 30.1. The Morgan fingerprint density at radius 1 is 0.294 bits per heavy atom. The first kappa shape index (κ1) is 92.6. The minimum absolute atomic E-state index is 0. The van der Waals surface area contributed by atoms with Crippen LogP contribution in [-0.2, 0) is 141 Å². The van der Waals surface area contributed by atoms with Gasteiger partial charge in [0.2, 0.25) is 5.95 Å². The Bertz CT molecular complexity index is 4580. The fourth-order valence-electron chi connectivity index (χ4n) is 8.40. The van der Waals surface area contributed by atoms with Crippen molar-refractivity contribution in [2.75, 3.05) is 0 Å². The third-order valence-corrected chi connectivity index (χ3v) is 12.9. The van der Waals surface area contributed by atoms with Crippen LogP contribution in [0, 0.1) is 110 Å². The van der Waals surface area contributed by atoms with E-state index < -0.39 is 23.4 Å². The van der Waals surface area contributed by atoms with E-state index in [1.54, 1.807) is 118 Å². The van der Waals surface area contributed by atoms with Gasteiger partial charge in [0.25, 0.3) is 0 Å². The summed E-state index contributed by atoms with van der Waals surface area (Å²) in [5.41, 5.74) is 10.2. The van der Waals surface area contributed by atoms with Crippen molar-refractivity contribution in [3.8, 4) is 78.8 Å². The maximum Gasteiger partial charge on any atom is 0.204 e. The maximum absolute atomic E-state index is 13.5. The van der Waals surface area contributed by atoms with Gasteiger partial charge in [-0.1, -0.05) is 55.8 Å². The van der Waals surface area contributed by atoms with E-state index in [0.717, 1.165) is 51.5 Å². The molecule has 22 heteroatoms. The van der Waals surface area contributed by atoms with Gasteiger partial charge in [0.15, 0.2) is 0 Å². The Hall–Kier alpha value is -7.42. The van der Waals surface area contributed by atoms with Crippen LogP contribution in [0.4, 0.5) is 35.1 Å². The molecule has 0 amide bonds. The molecule has 0 atom stereocenters. The van der Waals surface area contributed by atoms with Gasteiger partial charge in [-0.15, -0.1) is 226 Å². The van der Waals surface area contributed by atoms with Crippen molar-refractivity contribution in [1.29, 1.82) is 0 Å². The van der Waals surface area contributed by atoms with Crippen LogP contribution in [0.2, 0.25) is 0 Å². The maximum atomic E-state index is 13.5. The summed E-state index contributed by atoms with van der Waals surface area (Å²) in [5.74, 6) is -3.33. The molecule has 0 aliphatic rings. The summed E-state index contributed by atoms with van der Waals surface area (Å²) in [6.45, 7) is 5.40. The van der Waals surface area contributed by atoms with E-state index in [1.165, 1.54) is 54.7 Å². The van der Waals surface area contributed by atoms with Crippen LogP contribution in [0.3, 0.4) is 0 Å². The van der Waals surface area contributed by atoms with E-state index in [4.69, 9.17) is 0 Å². The molecule has 0 aliphatic heterocycles. The summed E-state index contributed by atoms with van der Waals surface area (Å²) in [6.07, 6.45) is 9.84. The van der Waals surface area contributed by atoms with Gasteiger partial charge in [-0.25, -0.2) is 30.7 Å². The number of pyridine rings is 7. The number of hydrogen-bond donors (Lipinski definition) is 0. The van der Waals surface area contributed by atoms with Crippen molar-refractivity contribution in [3.63, 3.8) is 0 Å². The molecule has 0 saturated heterocycles. The van der Waals surface area contributed by atoms with Crippen molar-refractivity contribution in [2.45, 2.75) is 20.8 Å². The zero-order chi connectivity index (χ0) is 67.2. The number of rotatable bonds is 7. The Labute approximate surface area is 683 Å². The first-order valence-electron chi connectivity index (χ1n) is 29.0. The van der Waals surface area contributed by atoms with Crippen LogP contribution in [0.1, 0.15) is 16.7 Å². The van der Waals surface area contributed by atoms with Crippen LogP contribution >= 0.6 is 0 Å². The van der Waals surface area contributed by atoms with Crippen LogP contribution in [0.5, 0.6) is 0 Å². The minimum Gasteiger partial charge on any atom is -0.305 e. The Morgan fingerprint density at radius 2 is 0.745 bits per heavy atom. The van der Waals surface area contributed by atoms with Crippen molar-refractivity contribution < 1.29 is 176 Å². The quantitative estimate of drug-likeness (QED) is 0.0892. The zero-order valence-electron chi connectivity index (χ0n) is 53.5. The summed E-state index contributed by atoms with van der Waals surface area (Å²) < 4.78 is 105. The van der Waals surface area contributed by atoms with Gasteiger partial charge in [0.05, 0.1) is 0 Å². The van der Waals surface area contributed by atoms with Crippen molar-refractivity contribution in [2.24, 2.45) is 0 Å². The molecule has 0 spiro atoms. The molecule has 7 aromatic carbocycles. The van der Waals surface area contributed by atoms with E-state index in [2.05, 4.69) is 77.4 Å². The summed E-state index contributed by atoms with van der Waals surface area (Å²) >= 11 is 0. The van der Waals surface area contributed by atoms with Crippen molar-refractivity contribution in [1.82, 2.24) is 34.9 Å². The van der Waals surface area contributed by atoms with Gasteiger partial charge in [0.1, 0.15) is 23.3 Å². The number of hydrogen-bond acceptors (Lipinski definition) is 7. The number of aromatic nitrogens is 7. The summed E-state index contributed by atoms with van der Waals surface area (Å²) in [6, 6.07) is 85.5. The summed E-state index contributed by atoms with van der Waals surface area (Å²) in [4.78, 5) is 27.8. The van der Waals surface area contributed by atoms with Gasteiger partial charge < -0.3 is 29.9 Å². The standard InChI is InChI=1S/C12H8F2N.2C12H9FN.C11H6F2N.2C11H7FN.C11H8N.7Ir/c1-8-5-11(14)12(15-7-8)9-3-2-4-10(13)6-9;1-9-4-2-5-10(8-9)12-11(13)6-3-7-14-12;1-9-10(5-4-6-11(9)13)12-7-2-3-8-14-12;12-9-6-7-10(13)14-11(9)8-4-2-1-3-5-8;12-10-5-3-4-9(8-10)11-6-1-2-7-13-11;12-10-7-4-8-13-11(10)9-5-2-1-3-6-9;1-2-6-10(7-3-1)11-8-4-5-9-12-11;;;;;;;/h2-5,7H,1H3;2-7H,1H3;2-4,6-8H,1H3;1-4,6-7H;1-3,5-8H;1-5,7-8H;1-6,8-9H;;;;;;;/q7*-1;;;;;;;. The molecular formula is C80H54F8Ir7N7-7. The molecule has 102 heavy (non-hydrogen) atoms. The molecule has 7 heterocycles. The first-order valence-corrected chi connectivity index (χ1v) is 29.0. The van der Waals surface area contributed by atoms with Gasteiger partial charge in [-0.05, 0) is 90.2 Å². The monoisotopic (exact) mass is 2620 g/mol. The molecule has 14 rings (SSSR count). The topological polar surface area (TPSA) is 90.2 Å². The normalized spacial score (nSPS) is 9.36. The molecule has 0 fully saturated rings. The van der Waals surface area contributed by atoms with E-state index in [9.17, 15) is 35.1 Å². The van der Waals surface area contributed by atoms with Crippen LogP contribution in [0.15, 0.2) is 274 Å². The molecule has 0 aliphatic carbocycles. The number of nitrogens with zero attached hydrogens (tertiary/aromatic N) is 7. The van der Waals surface area contributed by atoms with E-state index in [-0.39, 0.29) is 175 Å². The van der Waals surface area contributed by atoms with E-state index in [1.807, 2.05) is 110 Å². The summed E-state index contributed by atoms with van der Waals surface area (Å²) in [7, 11) is 0. The van der Waals surface area contributed by atoms with Gasteiger partial charge in [0, 0.05) is 218 Å². The molecule has 7 radical (unpaired) electrons. The molecule has 0 unspecified atom stereocenters. The van der Waals surface area contributed by atoms with Crippen LogP contribution < -0.4 is 0 Å². The molecule has 0 N–H and O–H groups in total. The third-order valence-electron chi connectivity index (χ3n) is 12.9. The van der Waals surface area contributed by atoms with Crippen molar-refractivity contribution in [3.05, 3.63) is 380 Å². The first-order chi connectivity index (χ1) is 46.2. The number of benzene rings is 7. The number of halogens is 8. The second kappa shape index (κ2) is 50.1. The van der Waals surface area contributed by atoms with Gasteiger partial charge in [-0.2, -0.15) is 4.39 Å². The smallest absolute Gasteiger partial charge is 0.204 e. The average molecular weight is 2610 g/mol. The predicted molar refractivity (Wildman–Crippen MR) is 353 cm³/mol. The molecule has 535 valence electrons. The molecule has 14 aromatic rings. The minimum atomic E-state index is -0.696. The molecular weight excluding hydrogens is 2560 g/mol. The predicted octanol–water partition coefficient (Wildman–Crippen LogP) is 19.9. The van der Waals surface area contributed by atoms with Crippen molar-refractivity contribution >= 4 is 0 Å². The number of aryl methyl sites for hydroxylation is 2. The second-order valence-corrected chi connectivity index (χ2v) is 19.9. The van der Waals surface area contributed by atoms with Crippen LogP contribution in [-0.4, -0.2) is 34.9 Å². The molecule has 0 saturated carbocycles. The average Bonchev–Trinajstić information content (AvgIpc) is 0.871. The SMILES string of the molecule is Cc1[c-]c(-c2ncccc2F)ccc1.Cc1c(-c2ccccn2)[c-]ccc1F.Cc1cnc(-c2[c-]c(F)ccc2)c(F)c1.Fc1cc[c-]c(-c2ccccn2)c1.Fc1ccc(F)c(-c2[c-]cccc2)n1.Fc1cccnc1-c1[c-]cccc1.[Ir].[Ir].[Ir].[Ir].[Ir].[Ir].[Ir].[c-]1ccccc1-c1ccccn1. The fraction of sp³-hybridized carbons (Fsp3) is 0.0375. The largest absolute Gasteiger partial charge is 0.305 e. The fourth-order valence-corrected chi connectivity index (χ4v) is 8.40. The molecule has 0 bridgehead atoms. The molecule has 7 nitrogen and oxygen atoms in total.